The van der Waals surface area contributed by atoms with Gasteiger partial charge in [-0.05, 0) is 42.4 Å². The van der Waals surface area contributed by atoms with Gasteiger partial charge in [-0.15, -0.1) is 0 Å². The molecule has 0 radical (unpaired) electrons. The summed E-state index contributed by atoms with van der Waals surface area (Å²) in [6.45, 7) is 0. The minimum Gasteiger partial charge on any atom is -0.325 e. The number of aryl methyl sites for hydroxylation is 1. The lowest BCUT2D eigenvalue weighted by Gasteiger charge is -2.05. The first-order valence-corrected chi connectivity index (χ1v) is 8.35. The molecule has 0 bridgehead atoms. The molecule has 0 saturated heterocycles. The van der Waals surface area contributed by atoms with E-state index in [4.69, 9.17) is 5.26 Å². The third-order valence-electron chi connectivity index (χ3n) is 3.11. The first-order chi connectivity index (χ1) is 10.8. The largest absolute Gasteiger partial charge is 0.325 e. The van der Waals surface area contributed by atoms with Crippen molar-refractivity contribution in [2.75, 3.05) is 16.8 Å². The molecular weight excluding hydrogens is 292 g/mol. The van der Waals surface area contributed by atoms with Crippen LogP contribution >= 0.6 is 11.8 Å². The van der Waals surface area contributed by atoms with Crippen molar-refractivity contribution in [3.8, 4) is 6.07 Å². The van der Waals surface area contributed by atoms with E-state index in [1.54, 1.807) is 36.0 Å². The van der Waals surface area contributed by atoms with Crippen molar-refractivity contribution in [1.29, 1.82) is 5.26 Å². The normalized spacial score (nSPS) is 9.95. The highest BCUT2D eigenvalue weighted by atomic mass is 32.2. The summed E-state index contributed by atoms with van der Waals surface area (Å²) in [5.74, 6) is 1.37. The number of thioether (sulfide) groups is 1. The monoisotopic (exact) mass is 310 g/mol. The summed E-state index contributed by atoms with van der Waals surface area (Å²) in [4.78, 5) is 11.8. The van der Waals surface area contributed by atoms with Gasteiger partial charge in [-0.25, -0.2) is 0 Å². The van der Waals surface area contributed by atoms with Crippen molar-refractivity contribution in [3.05, 3.63) is 65.7 Å². The van der Waals surface area contributed by atoms with Crippen LogP contribution in [0.1, 0.15) is 17.5 Å². The van der Waals surface area contributed by atoms with Gasteiger partial charge in [-0.1, -0.05) is 36.4 Å². The van der Waals surface area contributed by atoms with Crippen LogP contribution in [0.5, 0.6) is 0 Å². The summed E-state index contributed by atoms with van der Waals surface area (Å²) >= 11 is 1.63. The molecule has 0 unspecified atom stereocenters. The molecule has 0 aliphatic heterocycles. The number of anilines is 1. The molecule has 112 valence electrons. The van der Waals surface area contributed by atoms with Gasteiger partial charge in [0, 0.05) is 5.69 Å². The highest BCUT2D eigenvalue weighted by Gasteiger charge is 2.03. The number of nitriles is 1. The molecule has 22 heavy (non-hydrogen) atoms. The van der Waals surface area contributed by atoms with E-state index in [0.29, 0.717) is 17.0 Å². The number of rotatable bonds is 7. The topological polar surface area (TPSA) is 52.9 Å². The molecule has 0 aliphatic carbocycles. The lowest BCUT2D eigenvalue weighted by Crippen LogP contribution is -2.14. The van der Waals surface area contributed by atoms with Crippen molar-refractivity contribution in [1.82, 2.24) is 0 Å². The third kappa shape index (κ3) is 5.63. The number of nitrogens with one attached hydrogen (secondary N) is 1. The van der Waals surface area contributed by atoms with E-state index in [2.05, 4.69) is 23.5 Å². The van der Waals surface area contributed by atoms with Gasteiger partial charge in [0.15, 0.2) is 0 Å². The fourth-order valence-electron chi connectivity index (χ4n) is 2.05. The van der Waals surface area contributed by atoms with E-state index in [9.17, 15) is 4.79 Å². The predicted molar refractivity (Wildman–Crippen MR) is 91.9 cm³/mol. The van der Waals surface area contributed by atoms with Gasteiger partial charge in [-0.2, -0.15) is 17.0 Å². The average molecular weight is 310 g/mol. The Balaban J connectivity index is 1.64. The first-order valence-electron chi connectivity index (χ1n) is 7.19. The lowest BCUT2D eigenvalue weighted by atomic mass is 10.1. The Morgan fingerprint density at radius 2 is 1.95 bits per heavy atom. The molecule has 4 heteroatoms. The molecule has 0 aliphatic rings. The minimum absolute atomic E-state index is 0.0280. The summed E-state index contributed by atoms with van der Waals surface area (Å²) in [6.07, 6.45) is 2.10. The summed E-state index contributed by atoms with van der Waals surface area (Å²) in [6, 6.07) is 19.4. The number of carbonyl (C=O) groups is 1. The van der Waals surface area contributed by atoms with Gasteiger partial charge in [0.25, 0.3) is 0 Å². The molecular formula is C18H18N2OS. The SMILES string of the molecule is N#Cc1cccc(NC(=O)CSCCCc2ccccc2)c1. The number of nitrogens with zero attached hydrogens (tertiary/aromatic N) is 1. The van der Waals surface area contributed by atoms with Gasteiger partial charge < -0.3 is 5.32 Å². The quantitative estimate of drug-likeness (QED) is 0.790. The summed E-state index contributed by atoms with van der Waals surface area (Å²) in [7, 11) is 0. The summed E-state index contributed by atoms with van der Waals surface area (Å²) in [5.41, 5.74) is 2.56. The Kier molecular flexibility index (Phi) is 6.53. The molecule has 1 N–H and O–H groups in total. The van der Waals surface area contributed by atoms with E-state index in [-0.39, 0.29) is 5.91 Å². The van der Waals surface area contributed by atoms with E-state index in [0.717, 1.165) is 18.6 Å². The second-order valence-electron chi connectivity index (χ2n) is 4.88. The lowest BCUT2D eigenvalue weighted by molar-refractivity contribution is -0.113. The van der Waals surface area contributed by atoms with E-state index < -0.39 is 0 Å². The molecule has 0 heterocycles. The second-order valence-corrected chi connectivity index (χ2v) is 5.99. The molecule has 0 fully saturated rings. The molecule has 0 saturated carbocycles. The van der Waals surface area contributed by atoms with E-state index in [1.807, 2.05) is 18.2 Å². The standard InChI is InChI=1S/C18H18N2OS/c19-13-16-8-4-10-17(12-16)20-18(21)14-22-11-5-9-15-6-2-1-3-7-15/h1-4,6-8,10,12H,5,9,11,14H2,(H,20,21). The molecule has 0 spiro atoms. The molecule has 3 nitrogen and oxygen atoms in total. The Labute approximate surface area is 135 Å². The van der Waals surface area contributed by atoms with Crippen LogP contribution in [0.4, 0.5) is 5.69 Å². The number of benzene rings is 2. The van der Waals surface area contributed by atoms with Crippen LogP contribution in [0.2, 0.25) is 0 Å². The first kappa shape index (κ1) is 16.1. The van der Waals surface area contributed by atoms with Gasteiger partial charge in [0.2, 0.25) is 5.91 Å². The number of hydrogen-bond donors (Lipinski definition) is 1. The van der Waals surface area contributed by atoms with Crippen LogP contribution < -0.4 is 5.32 Å². The van der Waals surface area contributed by atoms with Crippen LogP contribution in [0.25, 0.3) is 0 Å². The van der Waals surface area contributed by atoms with Crippen LogP contribution in [0.3, 0.4) is 0 Å². The highest BCUT2D eigenvalue weighted by molar-refractivity contribution is 7.99. The number of hydrogen-bond acceptors (Lipinski definition) is 3. The van der Waals surface area contributed by atoms with Crippen molar-refractivity contribution in [3.63, 3.8) is 0 Å². The maximum Gasteiger partial charge on any atom is 0.234 e. The highest BCUT2D eigenvalue weighted by Crippen LogP contribution is 2.12. The fraction of sp³-hybridized carbons (Fsp3) is 0.222. The Hall–Kier alpha value is -2.25. The fourth-order valence-corrected chi connectivity index (χ4v) is 2.80. The minimum atomic E-state index is -0.0280. The molecule has 2 aromatic rings. The van der Waals surface area contributed by atoms with Crippen molar-refractivity contribution >= 4 is 23.4 Å². The predicted octanol–water partition coefficient (Wildman–Crippen LogP) is 3.86. The second kappa shape index (κ2) is 8.91. The maximum absolute atomic E-state index is 11.8. The Morgan fingerprint density at radius 3 is 2.73 bits per heavy atom. The van der Waals surface area contributed by atoms with Crippen LogP contribution in [-0.2, 0) is 11.2 Å². The number of amides is 1. The van der Waals surface area contributed by atoms with E-state index in [1.165, 1.54) is 5.56 Å². The zero-order valence-corrected chi connectivity index (χ0v) is 13.1. The average Bonchev–Trinajstić information content (AvgIpc) is 2.55. The molecule has 2 rings (SSSR count). The third-order valence-corrected chi connectivity index (χ3v) is 4.15. The van der Waals surface area contributed by atoms with E-state index >= 15 is 0 Å². The van der Waals surface area contributed by atoms with Crippen LogP contribution in [0.15, 0.2) is 54.6 Å². The smallest absolute Gasteiger partial charge is 0.234 e. The van der Waals surface area contributed by atoms with Gasteiger partial charge in [0.1, 0.15) is 0 Å². The van der Waals surface area contributed by atoms with Crippen LogP contribution in [0, 0.1) is 11.3 Å². The number of carbonyl (C=O) groups excluding carboxylic acids is 1. The Bertz CT molecular complexity index is 650. The molecule has 0 atom stereocenters. The zero-order chi connectivity index (χ0) is 15.6. The Morgan fingerprint density at radius 1 is 1.14 bits per heavy atom. The van der Waals surface area contributed by atoms with Crippen molar-refractivity contribution in [2.24, 2.45) is 0 Å². The summed E-state index contributed by atoms with van der Waals surface area (Å²) in [5, 5.41) is 11.6. The van der Waals surface area contributed by atoms with Crippen LogP contribution in [-0.4, -0.2) is 17.4 Å². The maximum atomic E-state index is 11.8. The zero-order valence-electron chi connectivity index (χ0n) is 12.3. The summed E-state index contributed by atoms with van der Waals surface area (Å²) < 4.78 is 0. The van der Waals surface area contributed by atoms with Crippen molar-refractivity contribution in [2.45, 2.75) is 12.8 Å². The molecule has 1 amide bonds. The van der Waals surface area contributed by atoms with Crippen molar-refractivity contribution < 1.29 is 4.79 Å². The van der Waals surface area contributed by atoms with Gasteiger partial charge in [-0.3, -0.25) is 4.79 Å². The molecule has 2 aromatic carbocycles. The molecule has 0 aromatic heterocycles. The van der Waals surface area contributed by atoms with Gasteiger partial charge in [0.05, 0.1) is 17.4 Å². The van der Waals surface area contributed by atoms with Gasteiger partial charge >= 0.3 is 0 Å².